The van der Waals surface area contributed by atoms with E-state index < -0.39 is 10.0 Å². The normalized spacial score (nSPS) is 11.1. The molecule has 146 valence electrons. The Morgan fingerprint density at radius 3 is 2.18 bits per heavy atom. The quantitative estimate of drug-likeness (QED) is 0.599. The lowest BCUT2D eigenvalue weighted by Crippen LogP contribution is -2.14. The molecule has 0 saturated carbocycles. The van der Waals surface area contributed by atoms with Crippen molar-refractivity contribution < 1.29 is 13.2 Å². The van der Waals surface area contributed by atoms with E-state index in [1.165, 1.54) is 0 Å². The maximum absolute atomic E-state index is 12.5. The number of benzene rings is 2. The van der Waals surface area contributed by atoms with Crippen LogP contribution in [0.2, 0.25) is 0 Å². The zero-order valence-corrected chi connectivity index (χ0v) is 16.7. The number of nitrogens with zero attached hydrogens (tertiary/aromatic N) is 1. The molecule has 28 heavy (non-hydrogen) atoms. The average molecular weight is 398 g/mol. The van der Waals surface area contributed by atoms with Gasteiger partial charge in [0.1, 0.15) is 11.6 Å². The second-order valence-electron chi connectivity index (χ2n) is 6.24. The highest BCUT2D eigenvalue weighted by Crippen LogP contribution is 2.18. The number of aromatic nitrogens is 1. The summed E-state index contributed by atoms with van der Waals surface area (Å²) in [5.74, 6) is 1.08. The average Bonchev–Trinajstić information content (AvgIpc) is 2.73. The molecule has 7 heteroatoms. The lowest BCUT2D eigenvalue weighted by atomic mass is 10.2. The van der Waals surface area contributed by atoms with Crippen LogP contribution in [0.5, 0.6) is 5.75 Å². The molecule has 0 radical (unpaired) electrons. The molecule has 0 amide bonds. The van der Waals surface area contributed by atoms with Gasteiger partial charge in [-0.15, -0.1) is 0 Å². The molecule has 0 unspecified atom stereocenters. The van der Waals surface area contributed by atoms with E-state index in [4.69, 9.17) is 4.74 Å². The minimum Gasteiger partial charge on any atom is -0.497 e. The molecule has 0 bridgehead atoms. The van der Waals surface area contributed by atoms with Gasteiger partial charge in [0, 0.05) is 6.54 Å². The molecule has 1 heterocycles. The molecule has 0 aliphatic rings. The lowest BCUT2D eigenvalue weighted by Gasteiger charge is -2.10. The van der Waals surface area contributed by atoms with Crippen LogP contribution in [0.1, 0.15) is 18.1 Å². The van der Waals surface area contributed by atoms with Crippen LogP contribution in [0.4, 0.5) is 11.5 Å². The van der Waals surface area contributed by atoms with Gasteiger partial charge in [0.05, 0.1) is 23.9 Å². The summed E-state index contributed by atoms with van der Waals surface area (Å²) in [6.07, 6.45) is 2.46. The van der Waals surface area contributed by atoms with Crippen molar-refractivity contribution in [2.75, 3.05) is 17.1 Å². The number of hydrogen-bond donors (Lipinski definition) is 2. The molecule has 0 spiro atoms. The molecule has 0 aliphatic carbocycles. The van der Waals surface area contributed by atoms with Crippen LogP contribution >= 0.6 is 0 Å². The molecule has 1 aromatic heterocycles. The predicted molar refractivity (Wildman–Crippen MR) is 111 cm³/mol. The van der Waals surface area contributed by atoms with Gasteiger partial charge in [0.15, 0.2) is 0 Å². The van der Waals surface area contributed by atoms with Gasteiger partial charge < -0.3 is 10.1 Å². The predicted octanol–water partition coefficient (Wildman–Crippen LogP) is 4.07. The molecule has 0 saturated heterocycles. The number of hydrogen-bond acceptors (Lipinski definition) is 5. The zero-order valence-electron chi connectivity index (χ0n) is 15.8. The summed E-state index contributed by atoms with van der Waals surface area (Å²) in [4.78, 5) is 4.41. The van der Waals surface area contributed by atoms with Crippen LogP contribution in [-0.2, 0) is 23.0 Å². The van der Waals surface area contributed by atoms with Crippen LogP contribution in [0.25, 0.3) is 0 Å². The first-order valence-electron chi connectivity index (χ1n) is 8.95. The van der Waals surface area contributed by atoms with E-state index in [1.807, 2.05) is 43.3 Å². The van der Waals surface area contributed by atoms with Crippen LogP contribution in [0.3, 0.4) is 0 Å². The van der Waals surface area contributed by atoms with Crippen molar-refractivity contribution in [1.29, 1.82) is 0 Å². The summed E-state index contributed by atoms with van der Waals surface area (Å²) in [6, 6.07) is 18.0. The van der Waals surface area contributed by atoms with Crippen molar-refractivity contribution in [3.8, 4) is 5.75 Å². The molecule has 3 rings (SSSR count). The van der Waals surface area contributed by atoms with E-state index in [0.29, 0.717) is 6.54 Å². The number of rotatable bonds is 8. The van der Waals surface area contributed by atoms with Gasteiger partial charge in [-0.05, 0) is 53.9 Å². The van der Waals surface area contributed by atoms with Crippen molar-refractivity contribution in [1.82, 2.24) is 4.98 Å². The third kappa shape index (κ3) is 5.01. The van der Waals surface area contributed by atoms with E-state index in [9.17, 15) is 8.42 Å². The van der Waals surface area contributed by atoms with Crippen molar-refractivity contribution in [3.05, 3.63) is 78.0 Å². The van der Waals surface area contributed by atoms with Crippen molar-refractivity contribution >= 4 is 21.5 Å². The SMILES string of the molecule is CCc1ccc(S(=O)(=O)Nc2ccc(NCc3ccc(OC)cc3)cn2)cc1. The number of methoxy groups -OCH3 is 1. The number of aryl methyl sites for hydroxylation is 1. The van der Waals surface area contributed by atoms with Gasteiger partial charge in [0.2, 0.25) is 0 Å². The van der Waals surface area contributed by atoms with Gasteiger partial charge in [-0.1, -0.05) is 31.2 Å². The molecule has 0 fully saturated rings. The molecule has 0 atom stereocenters. The molecule has 2 N–H and O–H groups in total. The highest BCUT2D eigenvalue weighted by Gasteiger charge is 2.14. The van der Waals surface area contributed by atoms with Gasteiger partial charge in [-0.2, -0.15) is 0 Å². The molecule has 3 aromatic rings. The summed E-state index contributed by atoms with van der Waals surface area (Å²) < 4.78 is 32.6. The summed E-state index contributed by atoms with van der Waals surface area (Å²) in [5.41, 5.74) is 2.98. The summed E-state index contributed by atoms with van der Waals surface area (Å²) >= 11 is 0. The highest BCUT2D eigenvalue weighted by molar-refractivity contribution is 7.92. The van der Waals surface area contributed by atoms with Gasteiger partial charge >= 0.3 is 0 Å². The molecule has 6 nitrogen and oxygen atoms in total. The Bertz CT molecular complexity index is 1000. The third-order valence-corrected chi connectivity index (χ3v) is 5.67. The second kappa shape index (κ2) is 8.75. The molecular weight excluding hydrogens is 374 g/mol. The fourth-order valence-electron chi connectivity index (χ4n) is 2.61. The first-order valence-corrected chi connectivity index (χ1v) is 10.4. The van der Waals surface area contributed by atoms with Crippen LogP contribution in [0, 0.1) is 0 Å². The summed E-state index contributed by atoms with van der Waals surface area (Å²) in [7, 11) is -2.02. The Labute approximate surface area is 165 Å². The van der Waals surface area contributed by atoms with Crippen LogP contribution in [0.15, 0.2) is 71.8 Å². The smallest absolute Gasteiger partial charge is 0.263 e. The lowest BCUT2D eigenvalue weighted by molar-refractivity contribution is 0.414. The number of nitrogens with one attached hydrogen (secondary N) is 2. The Kier molecular flexibility index (Phi) is 6.16. The number of sulfonamides is 1. The fourth-order valence-corrected chi connectivity index (χ4v) is 3.62. The first kappa shape index (κ1) is 19.7. The van der Waals surface area contributed by atoms with Crippen molar-refractivity contribution in [2.45, 2.75) is 24.8 Å². The minimum absolute atomic E-state index is 0.216. The number of pyridine rings is 1. The molecular formula is C21H23N3O3S. The summed E-state index contributed by atoms with van der Waals surface area (Å²) in [6.45, 7) is 2.65. The fraction of sp³-hybridized carbons (Fsp3) is 0.190. The van der Waals surface area contributed by atoms with E-state index in [1.54, 1.807) is 37.6 Å². The van der Waals surface area contributed by atoms with Crippen molar-refractivity contribution in [3.63, 3.8) is 0 Å². The minimum atomic E-state index is -3.66. The van der Waals surface area contributed by atoms with Crippen LogP contribution in [-0.4, -0.2) is 20.5 Å². The Morgan fingerprint density at radius 1 is 0.929 bits per heavy atom. The second-order valence-corrected chi connectivity index (χ2v) is 7.92. The first-order chi connectivity index (χ1) is 13.5. The van der Waals surface area contributed by atoms with Crippen molar-refractivity contribution in [2.24, 2.45) is 0 Å². The van der Waals surface area contributed by atoms with E-state index >= 15 is 0 Å². The van der Waals surface area contributed by atoms with E-state index in [0.717, 1.165) is 29.0 Å². The number of anilines is 2. The van der Waals surface area contributed by atoms with Gasteiger partial charge in [0.25, 0.3) is 10.0 Å². The molecule has 0 aliphatic heterocycles. The number of ether oxygens (including phenoxy) is 1. The Hall–Kier alpha value is -3.06. The van der Waals surface area contributed by atoms with E-state index in [-0.39, 0.29) is 10.7 Å². The monoisotopic (exact) mass is 397 g/mol. The molecule has 2 aromatic carbocycles. The highest BCUT2D eigenvalue weighted by atomic mass is 32.2. The largest absolute Gasteiger partial charge is 0.497 e. The Morgan fingerprint density at radius 2 is 1.61 bits per heavy atom. The summed E-state index contributed by atoms with van der Waals surface area (Å²) in [5, 5.41) is 3.25. The standard InChI is InChI=1S/C21H23N3O3S/c1-3-16-6-11-20(12-7-16)28(25,26)24-21-13-8-18(15-23-21)22-14-17-4-9-19(27-2)10-5-17/h4-13,15,22H,3,14H2,1-2H3,(H,23,24). The Balaban J connectivity index is 1.61. The topological polar surface area (TPSA) is 80.3 Å². The maximum atomic E-state index is 12.5. The zero-order chi connectivity index (χ0) is 20.0. The maximum Gasteiger partial charge on any atom is 0.263 e. The van der Waals surface area contributed by atoms with Gasteiger partial charge in [-0.3, -0.25) is 4.72 Å². The van der Waals surface area contributed by atoms with E-state index in [2.05, 4.69) is 15.0 Å². The third-order valence-electron chi connectivity index (χ3n) is 4.30. The van der Waals surface area contributed by atoms with Gasteiger partial charge in [-0.25, -0.2) is 13.4 Å². The van der Waals surface area contributed by atoms with Crippen LogP contribution < -0.4 is 14.8 Å².